The summed E-state index contributed by atoms with van der Waals surface area (Å²) in [5.74, 6) is -2.42. The summed E-state index contributed by atoms with van der Waals surface area (Å²) in [6, 6.07) is 11.8. The summed E-state index contributed by atoms with van der Waals surface area (Å²) in [4.78, 5) is 11.6. The van der Waals surface area contributed by atoms with Gasteiger partial charge in [-0.15, -0.1) is 0 Å². The first-order chi connectivity index (χ1) is 10.5. The average molecular weight is 339 g/mol. The molecular weight excluding hydrogens is 327 g/mol. The Morgan fingerprint density at radius 1 is 1.05 bits per heavy atom. The third kappa shape index (κ3) is 2.48. The molecule has 2 aromatic rings. The number of hydrogen-bond donors (Lipinski definition) is 1. The van der Waals surface area contributed by atoms with Crippen molar-refractivity contribution in [1.82, 2.24) is 0 Å². The fourth-order valence-corrected chi connectivity index (χ4v) is 2.96. The molecule has 6 heteroatoms. The fourth-order valence-electron chi connectivity index (χ4n) is 2.58. The number of aromatic carboxylic acids is 1. The summed E-state index contributed by atoms with van der Waals surface area (Å²) < 4.78 is 11.6. The Balaban J connectivity index is 2.23. The van der Waals surface area contributed by atoms with Gasteiger partial charge in [0.1, 0.15) is 0 Å². The number of rotatable bonds is 3. The molecule has 4 nitrogen and oxygen atoms in total. The second kappa shape index (κ2) is 5.89. The highest BCUT2D eigenvalue weighted by atomic mass is 35.5. The Bertz CT molecular complexity index is 707. The summed E-state index contributed by atoms with van der Waals surface area (Å²) in [6.45, 7) is 0.711. The maximum absolute atomic E-state index is 11.6. The molecule has 2 aromatic carbocycles. The van der Waals surface area contributed by atoms with Gasteiger partial charge in [0.25, 0.3) is 0 Å². The summed E-state index contributed by atoms with van der Waals surface area (Å²) in [7, 11) is 0. The molecule has 0 unspecified atom stereocenters. The lowest BCUT2D eigenvalue weighted by Crippen LogP contribution is -2.31. The van der Waals surface area contributed by atoms with Gasteiger partial charge in [0, 0.05) is 16.1 Å². The van der Waals surface area contributed by atoms with Crippen molar-refractivity contribution in [2.75, 3.05) is 13.2 Å². The topological polar surface area (TPSA) is 55.8 Å². The molecule has 114 valence electrons. The zero-order valence-electron chi connectivity index (χ0n) is 11.4. The van der Waals surface area contributed by atoms with Gasteiger partial charge in [0.2, 0.25) is 5.79 Å². The van der Waals surface area contributed by atoms with Gasteiger partial charge < -0.3 is 14.6 Å². The molecule has 0 spiro atoms. The molecule has 3 rings (SSSR count). The highest BCUT2D eigenvalue weighted by molar-refractivity contribution is 6.33. The predicted octanol–water partition coefficient (Wildman–Crippen LogP) is 3.94. The lowest BCUT2D eigenvalue weighted by atomic mass is 9.93. The molecule has 1 N–H and O–H groups in total. The molecule has 22 heavy (non-hydrogen) atoms. The minimum atomic E-state index is -1.29. The van der Waals surface area contributed by atoms with Crippen molar-refractivity contribution in [3.05, 3.63) is 69.2 Å². The molecule has 0 atom stereocenters. The number of halogens is 2. The summed E-state index contributed by atoms with van der Waals surface area (Å²) in [5.41, 5.74) is 1.01. The van der Waals surface area contributed by atoms with Gasteiger partial charge in [0.05, 0.1) is 23.8 Å². The van der Waals surface area contributed by atoms with Gasteiger partial charge in [-0.25, -0.2) is 4.79 Å². The van der Waals surface area contributed by atoms with Gasteiger partial charge in [-0.05, 0) is 18.2 Å². The van der Waals surface area contributed by atoms with Crippen LogP contribution in [0.5, 0.6) is 0 Å². The van der Waals surface area contributed by atoms with Crippen LogP contribution in [0.1, 0.15) is 21.5 Å². The Morgan fingerprint density at radius 3 is 2.27 bits per heavy atom. The molecule has 0 amide bonds. The molecule has 1 heterocycles. The number of carbonyl (C=O) groups is 1. The predicted molar refractivity (Wildman–Crippen MR) is 82.5 cm³/mol. The van der Waals surface area contributed by atoms with E-state index >= 15 is 0 Å². The van der Waals surface area contributed by atoms with E-state index in [4.69, 9.17) is 32.7 Å². The smallest absolute Gasteiger partial charge is 0.337 e. The van der Waals surface area contributed by atoms with E-state index in [1.165, 1.54) is 6.07 Å². The van der Waals surface area contributed by atoms with Crippen LogP contribution >= 0.6 is 23.2 Å². The van der Waals surface area contributed by atoms with Crippen molar-refractivity contribution in [2.45, 2.75) is 5.79 Å². The highest BCUT2D eigenvalue weighted by Crippen LogP contribution is 2.41. The Hall–Kier alpha value is -1.59. The van der Waals surface area contributed by atoms with Crippen LogP contribution in [0.15, 0.2) is 42.5 Å². The molecule has 0 saturated carbocycles. The maximum atomic E-state index is 11.6. The Labute approximate surface area is 137 Å². The maximum Gasteiger partial charge on any atom is 0.337 e. The molecular formula is C16H12Cl2O4. The number of benzene rings is 2. The monoisotopic (exact) mass is 338 g/mol. The summed E-state index contributed by atoms with van der Waals surface area (Å²) in [6.07, 6.45) is 0. The van der Waals surface area contributed by atoms with E-state index in [2.05, 4.69) is 0 Å². The van der Waals surface area contributed by atoms with Crippen LogP contribution in [-0.4, -0.2) is 24.3 Å². The van der Waals surface area contributed by atoms with Gasteiger partial charge in [0.15, 0.2) is 0 Å². The van der Waals surface area contributed by atoms with Crippen molar-refractivity contribution < 1.29 is 19.4 Å². The average Bonchev–Trinajstić information content (AvgIpc) is 2.98. The van der Waals surface area contributed by atoms with Crippen LogP contribution in [0.3, 0.4) is 0 Å². The van der Waals surface area contributed by atoms with Crippen LogP contribution in [-0.2, 0) is 15.3 Å². The largest absolute Gasteiger partial charge is 0.478 e. The van der Waals surface area contributed by atoms with Gasteiger partial charge >= 0.3 is 5.97 Å². The van der Waals surface area contributed by atoms with E-state index in [1.54, 1.807) is 36.4 Å². The minimum Gasteiger partial charge on any atom is -0.478 e. The van der Waals surface area contributed by atoms with Crippen LogP contribution in [0.25, 0.3) is 0 Å². The quantitative estimate of drug-likeness (QED) is 0.920. The van der Waals surface area contributed by atoms with Crippen LogP contribution in [0.2, 0.25) is 10.0 Å². The standard InChI is InChI=1S/C16H12Cl2O4/c17-11-6-4-10(5-7-11)16(21-8-9-22-16)12-2-1-3-13(18)14(12)15(19)20/h1-7H,8-9H2,(H,19,20). The lowest BCUT2D eigenvalue weighted by molar-refractivity contribution is -0.130. The zero-order chi connectivity index (χ0) is 15.7. The number of carboxylic acid groups (broad SMARTS) is 1. The molecule has 0 radical (unpaired) electrons. The second-order valence-electron chi connectivity index (χ2n) is 4.79. The van der Waals surface area contributed by atoms with E-state index in [0.29, 0.717) is 29.4 Å². The number of hydrogen-bond acceptors (Lipinski definition) is 3. The van der Waals surface area contributed by atoms with E-state index in [0.717, 1.165) is 0 Å². The lowest BCUT2D eigenvalue weighted by Gasteiger charge is -2.29. The van der Waals surface area contributed by atoms with E-state index in [9.17, 15) is 9.90 Å². The fraction of sp³-hybridized carbons (Fsp3) is 0.188. The van der Waals surface area contributed by atoms with Crippen molar-refractivity contribution in [3.63, 3.8) is 0 Å². The van der Waals surface area contributed by atoms with E-state index < -0.39 is 11.8 Å². The molecule has 0 bridgehead atoms. The minimum absolute atomic E-state index is 0.0268. The molecule has 1 aliphatic rings. The van der Waals surface area contributed by atoms with Crippen molar-refractivity contribution in [3.8, 4) is 0 Å². The molecule has 1 aliphatic heterocycles. The first-order valence-electron chi connectivity index (χ1n) is 6.61. The van der Waals surface area contributed by atoms with Crippen LogP contribution in [0, 0.1) is 0 Å². The number of ether oxygens (including phenoxy) is 2. The third-order valence-electron chi connectivity index (χ3n) is 3.50. The Kier molecular flexibility index (Phi) is 4.10. The van der Waals surface area contributed by atoms with Gasteiger partial charge in [-0.1, -0.05) is 47.5 Å². The van der Waals surface area contributed by atoms with Crippen molar-refractivity contribution in [1.29, 1.82) is 0 Å². The second-order valence-corrected chi connectivity index (χ2v) is 5.63. The van der Waals surface area contributed by atoms with Crippen molar-refractivity contribution in [2.24, 2.45) is 0 Å². The van der Waals surface area contributed by atoms with Gasteiger partial charge in [-0.2, -0.15) is 0 Å². The summed E-state index contributed by atoms with van der Waals surface area (Å²) >= 11 is 12.0. The summed E-state index contributed by atoms with van der Waals surface area (Å²) in [5, 5.41) is 10.2. The molecule has 1 saturated heterocycles. The molecule has 0 aliphatic carbocycles. The van der Waals surface area contributed by atoms with Gasteiger partial charge in [-0.3, -0.25) is 0 Å². The zero-order valence-corrected chi connectivity index (χ0v) is 12.9. The SMILES string of the molecule is O=C(O)c1c(Cl)cccc1C1(c2ccc(Cl)cc2)OCCO1. The molecule has 0 aromatic heterocycles. The Morgan fingerprint density at radius 2 is 1.68 bits per heavy atom. The van der Waals surface area contributed by atoms with Crippen LogP contribution < -0.4 is 0 Å². The van der Waals surface area contributed by atoms with Crippen LogP contribution in [0.4, 0.5) is 0 Å². The number of carboxylic acids is 1. The normalized spacial score (nSPS) is 16.6. The highest BCUT2D eigenvalue weighted by Gasteiger charge is 2.43. The third-order valence-corrected chi connectivity index (χ3v) is 4.07. The van der Waals surface area contributed by atoms with Crippen molar-refractivity contribution >= 4 is 29.2 Å². The first kappa shape index (κ1) is 15.3. The van der Waals surface area contributed by atoms with E-state index in [-0.39, 0.29) is 10.6 Å². The van der Waals surface area contributed by atoms with E-state index in [1.807, 2.05) is 0 Å². The first-order valence-corrected chi connectivity index (χ1v) is 7.36. The molecule has 1 fully saturated rings.